The number of halogens is 1. The third-order valence-corrected chi connectivity index (χ3v) is 6.74. The fraction of sp³-hybridized carbons (Fsp3) is 0.625. The first-order valence-corrected chi connectivity index (χ1v) is 9.92. The minimum absolute atomic E-state index is 0. The molecule has 3 rings (SSSR count). The Morgan fingerprint density at radius 1 is 1.27 bits per heavy atom. The van der Waals surface area contributed by atoms with Gasteiger partial charge in [-0.05, 0) is 44.2 Å². The van der Waals surface area contributed by atoms with Crippen LogP contribution in [0.1, 0.15) is 25.7 Å². The van der Waals surface area contributed by atoms with Gasteiger partial charge in [0.1, 0.15) is 10.6 Å². The van der Waals surface area contributed by atoms with E-state index in [2.05, 4.69) is 5.32 Å². The van der Waals surface area contributed by atoms with Gasteiger partial charge >= 0.3 is 0 Å². The molecular weight excluding hydrogens is 382 g/mol. The summed E-state index contributed by atoms with van der Waals surface area (Å²) < 4.78 is 32.4. The smallest absolute Gasteiger partial charge is 0.271 e. The summed E-state index contributed by atoms with van der Waals surface area (Å²) in [6, 6.07) is 3.98. The van der Waals surface area contributed by atoms with Gasteiger partial charge < -0.3 is 10.1 Å². The lowest BCUT2D eigenvalue weighted by Crippen LogP contribution is -2.45. The van der Waals surface area contributed by atoms with Crippen LogP contribution < -0.4 is 10.1 Å². The maximum absolute atomic E-state index is 12.9. The van der Waals surface area contributed by atoms with Crippen LogP contribution >= 0.6 is 12.4 Å². The molecule has 1 heterocycles. The maximum atomic E-state index is 12.9. The Balaban J connectivity index is 0.00000243. The standard InChI is InChI=1S/C16H23N3O5S.ClH/c1-24-15-5-4-14(19(20)21)10-16(15)25(22,23)18-8-6-13(7-9-18)17-11-12-2-3-12;/h4-5,10,12-13,17H,2-3,6-9,11H2,1H3;1H. The van der Waals surface area contributed by atoms with Crippen LogP contribution in [-0.2, 0) is 10.0 Å². The van der Waals surface area contributed by atoms with Gasteiger partial charge in [-0.15, -0.1) is 12.4 Å². The number of sulfonamides is 1. The van der Waals surface area contributed by atoms with Crippen LogP contribution in [0.2, 0.25) is 0 Å². The number of nitrogens with zero attached hydrogens (tertiary/aromatic N) is 2. The van der Waals surface area contributed by atoms with Gasteiger partial charge in [0.2, 0.25) is 10.0 Å². The fourth-order valence-corrected chi connectivity index (χ4v) is 4.72. The number of methoxy groups -OCH3 is 1. The molecule has 0 aromatic heterocycles. The lowest BCUT2D eigenvalue weighted by Gasteiger charge is -2.32. The molecule has 0 unspecified atom stereocenters. The van der Waals surface area contributed by atoms with Crippen molar-refractivity contribution in [2.45, 2.75) is 36.6 Å². The first kappa shape index (κ1) is 20.9. The van der Waals surface area contributed by atoms with Crippen LogP contribution in [0.3, 0.4) is 0 Å². The molecule has 1 saturated carbocycles. The molecule has 1 aromatic carbocycles. The normalized spacial score (nSPS) is 19.0. The molecule has 2 fully saturated rings. The van der Waals surface area contributed by atoms with E-state index < -0.39 is 14.9 Å². The Hall–Kier alpha value is -1.42. The molecule has 1 aliphatic heterocycles. The minimum Gasteiger partial charge on any atom is -0.495 e. The van der Waals surface area contributed by atoms with Crippen molar-refractivity contribution in [1.82, 2.24) is 9.62 Å². The Labute approximate surface area is 159 Å². The number of nitro groups is 1. The van der Waals surface area contributed by atoms with E-state index in [1.54, 1.807) is 0 Å². The molecule has 8 nitrogen and oxygen atoms in total. The zero-order chi connectivity index (χ0) is 18.0. The van der Waals surface area contributed by atoms with Crippen LogP contribution in [0.5, 0.6) is 5.75 Å². The second kappa shape index (κ2) is 8.51. The van der Waals surface area contributed by atoms with Crippen LogP contribution in [0.25, 0.3) is 0 Å². The number of benzene rings is 1. The van der Waals surface area contributed by atoms with Gasteiger partial charge in [0, 0.05) is 31.3 Å². The number of non-ortho nitro benzene ring substituents is 1. The van der Waals surface area contributed by atoms with Crippen LogP contribution in [0, 0.1) is 16.0 Å². The van der Waals surface area contributed by atoms with Gasteiger partial charge in [0.25, 0.3) is 5.69 Å². The molecule has 1 N–H and O–H groups in total. The predicted molar refractivity (Wildman–Crippen MR) is 99.4 cm³/mol. The molecule has 1 saturated heterocycles. The molecule has 10 heteroatoms. The summed E-state index contributed by atoms with van der Waals surface area (Å²) in [5.74, 6) is 0.912. The van der Waals surface area contributed by atoms with E-state index in [0.29, 0.717) is 19.1 Å². The Morgan fingerprint density at radius 3 is 2.46 bits per heavy atom. The zero-order valence-corrected chi connectivity index (χ0v) is 16.2. The van der Waals surface area contributed by atoms with E-state index in [1.807, 2.05) is 0 Å². The maximum Gasteiger partial charge on any atom is 0.271 e. The number of nitrogens with one attached hydrogen (secondary N) is 1. The fourth-order valence-electron chi connectivity index (χ4n) is 3.08. The van der Waals surface area contributed by atoms with E-state index >= 15 is 0 Å². The van der Waals surface area contributed by atoms with Gasteiger partial charge in [-0.1, -0.05) is 0 Å². The Bertz CT molecular complexity index is 746. The highest BCUT2D eigenvalue weighted by Gasteiger charge is 2.33. The number of ether oxygens (including phenoxy) is 1. The second-order valence-corrected chi connectivity index (χ2v) is 8.53. The molecule has 146 valence electrons. The Morgan fingerprint density at radius 2 is 1.92 bits per heavy atom. The number of hydrogen-bond donors (Lipinski definition) is 1. The molecule has 0 bridgehead atoms. The highest BCUT2D eigenvalue weighted by Crippen LogP contribution is 2.32. The van der Waals surface area contributed by atoms with Gasteiger partial charge in [0.15, 0.2) is 0 Å². The molecule has 0 spiro atoms. The topological polar surface area (TPSA) is 102 Å². The highest BCUT2D eigenvalue weighted by atomic mass is 35.5. The van der Waals surface area contributed by atoms with Gasteiger partial charge in [-0.2, -0.15) is 4.31 Å². The first-order chi connectivity index (χ1) is 11.9. The van der Waals surface area contributed by atoms with Crippen molar-refractivity contribution in [3.63, 3.8) is 0 Å². The summed E-state index contributed by atoms with van der Waals surface area (Å²) in [5.41, 5.74) is -0.264. The minimum atomic E-state index is -3.83. The number of piperidine rings is 1. The monoisotopic (exact) mass is 405 g/mol. The lowest BCUT2D eigenvalue weighted by molar-refractivity contribution is -0.385. The largest absolute Gasteiger partial charge is 0.495 e. The lowest BCUT2D eigenvalue weighted by atomic mass is 10.1. The summed E-state index contributed by atoms with van der Waals surface area (Å²) in [6.07, 6.45) is 4.05. The predicted octanol–water partition coefficient (Wildman–Crippen LogP) is 2.18. The summed E-state index contributed by atoms with van der Waals surface area (Å²) >= 11 is 0. The third-order valence-electron chi connectivity index (χ3n) is 4.82. The average molecular weight is 406 g/mol. The van der Waals surface area contributed by atoms with Crippen molar-refractivity contribution in [3.8, 4) is 5.75 Å². The second-order valence-electron chi connectivity index (χ2n) is 6.62. The molecule has 1 aliphatic carbocycles. The van der Waals surface area contributed by atoms with Crippen molar-refractivity contribution in [2.24, 2.45) is 5.92 Å². The SMILES string of the molecule is COc1ccc([N+](=O)[O-])cc1S(=O)(=O)N1CCC(NCC2CC2)CC1.Cl. The quantitative estimate of drug-likeness (QED) is 0.551. The summed E-state index contributed by atoms with van der Waals surface area (Å²) in [4.78, 5) is 10.2. The highest BCUT2D eigenvalue weighted by molar-refractivity contribution is 7.89. The number of hydrogen-bond acceptors (Lipinski definition) is 6. The van der Waals surface area contributed by atoms with Crippen molar-refractivity contribution in [3.05, 3.63) is 28.3 Å². The molecule has 2 aliphatic rings. The molecular formula is C16H24ClN3O5S. The van der Waals surface area contributed by atoms with Crippen LogP contribution in [-0.4, -0.2) is 50.4 Å². The molecule has 26 heavy (non-hydrogen) atoms. The summed E-state index contributed by atoms with van der Waals surface area (Å²) in [5, 5.41) is 14.5. The van der Waals surface area contributed by atoms with Crippen LogP contribution in [0.15, 0.2) is 23.1 Å². The number of nitro benzene ring substituents is 1. The van der Waals surface area contributed by atoms with Gasteiger partial charge in [-0.3, -0.25) is 10.1 Å². The van der Waals surface area contributed by atoms with Crippen molar-refractivity contribution in [2.75, 3.05) is 26.7 Å². The molecule has 0 amide bonds. The molecule has 0 radical (unpaired) electrons. The van der Waals surface area contributed by atoms with Crippen LogP contribution in [0.4, 0.5) is 5.69 Å². The van der Waals surface area contributed by atoms with Gasteiger partial charge in [0.05, 0.1) is 12.0 Å². The van der Waals surface area contributed by atoms with E-state index in [-0.39, 0.29) is 28.7 Å². The first-order valence-electron chi connectivity index (χ1n) is 8.48. The molecule has 0 atom stereocenters. The van der Waals surface area contributed by atoms with Gasteiger partial charge in [-0.25, -0.2) is 8.42 Å². The van der Waals surface area contributed by atoms with E-state index in [4.69, 9.17) is 4.74 Å². The third kappa shape index (κ3) is 4.64. The van der Waals surface area contributed by atoms with E-state index in [1.165, 1.54) is 36.4 Å². The van der Waals surface area contributed by atoms with E-state index in [9.17, 15) is 18.5 Å². The van der Waals surface area contributed by atoms with Crippen molar-refractivity contribution >= 4 is 28.1 Å². The number of rotatable bonds is 7. The van der Waals surface area contributed by atoms with Crippen molar-refractivity contribution in [1.29, 1.82) is 0 Å². The molecule has 1 aromatic rings. The van der Waals surface area contributed by atoms with Crippen molar-refractivity contribution < 1.29 is 18.1 Å². The van der Waals surface area contributed by atoms with E-state index in [0.717, 1.165) is 31.4 Å². The summed E-state index contributed by atoms with van der Waals surface area (Å²) in [7, 11) is -2.47. The average Bonchev–Trinajstić information content (AvgIpc) is 3.44. The summed E-state index contributed by atoms with van der Waals surface area (Å²) in [6.45, 7) is 1.81. The zero-order valence-electron chi connectivity index (χ0n) is 14.6. The Kier molecular flexibility index (Phi) is 6.84.